The molecule has 1 amide bonds. The van der Waals surface area contributed by atoms with Gasteiger partial charge in [0.25, 0.3) is 0 Å². The molecule has 2 aromatic carbocycles. The Morgan fingerprint density at radius 2 is 2.00 bits per heavy atom. The van der Waals surface area contributed by atoms with Gasteiger partial charge in [0.1, 0.15) is 5.66 Å². The Balaban J connectivity index is 1.92. The molecule has 0 saturated heterocycles. The third-order valence-electron chi connectivity index (χ3n) is 4.32. The van der Waals surface area contributed by atoms with E-state index in [9.17, 15) is 23.0 Å². The van der Waals surface area contributed by atoms with Gasteiger partial charge in [-0.05, 0) is 64.7 Å². The quantitative estimate of drug-likeness (QED) is 0.473. The molecule has 4 nitrogen and oxygen atoms in total. The van der Waals surface area contributed by atoms with Crippen LogP contribution in [0.3, 0.4) is 0 Å². The van der Waals surface area contributed by atoms with Crippen LogP contribution in [-0.2, 0) is 9.36 Å². The third-order valence-corrected chi connectivity index (χ3v) is 7.16. The van der Waals surface area contributed by atoms with E-state index in [-0.39, 0.29) is 0 Å². The zero-order valence-electron chi connectivity index (χ0n) is 15.4. The average Bonchev–Trinajstić information content (AvgIpc) is 3.00. The van der Waals surface area contributed by atoms with Crippen LogP contribution in [0.1, 0.15) is 22.3 Å². The molecule has 29 heavy (non-hydrogen) atoms. The second-order valence-corrected chi connectivity index (χ2v) is 10.4. The lowest BCUT2D eigenvalue weighted by atomic mass is 10.1. The van der Waals surface area contributed by atoms with Crippen LogP contribution >= 0.6 is 30.3 Å². The number of aryl methyl sites for hydroxylation is 1. The molecule has 2 atom stereocenters. The highest BCUT2D eigenvalue weighted by Crippen LogP contribution is 2.55. The summed E-state index contributed by atoms with van der Waals surface area (Å²) in [4.78, 5) is 23.0. The first-order valence-corrected chi connectivity index (χ1v) is 11.9. The number of carbonyl (C=O) groups excluding carboxylic acids is 1. The van der Waals surface area contributed by atoms with Crippen molar-refractivity contribution >= 4 is 52.4 Å². The molecule has 152 valence electrons. The molecule has 1 aromatic heterocycles. The molecule has 0 aliphatic rings. The minimum Gasteiger partial charge on any atom is -0.344 e. The Morgan fingerprint density at radius 3 is 2.66 bits per heavy atom. The molecule has 9 heteroatoms. The lowest BCUT2D eigenvalue weighted by Gasteiger charge is -2.18. The van der Waals surface area contributed by atoms with Gasteiger partial charge in [-0.25, -0.2) is 8.78 Å². The number of rotatable bonds is 5. The van der Waals surface area contributed by atoms with E-state index in [2.05, 4.69) is 5.32 Å². The van der Waals surface area contributed by atoms with Crippen LogP contribution in [0, 0.1) is 18.6 Å². The minimum absolute atomic E-state index is 0.327. The Labute approximate surface area is 175 Å². The standard InChI is InChI=1S/C20H17ClF2NO3PS/c1-11-7-13(21)9-14-15(10-29-19(11)14)18(28(2,26)27)20(25)24-6-5-12-3-4-16(22)17(23)8-12/h3-10,18H,1-2H3,(H,24,25)(H,26,27)/b6-5+. The molecule has 0 radical (unpaired) electrons. The molecule has 0 aliphatic heterocycles. The van der Waals surface area contributed by atoms with Crippen LogP contribution in [0.4, 0.5) is 8.78 Å². The second-order valence-electron chi connectivity index (χ2n) is 6.65. The van der Waals surface area contributed by atoms with Crippen molar-refractivity contribution < 1.29 is 23.0 Å². The van der Waals surface area contributed by atoms with Gasteiger partial charge in [-0.3, -0.25) is 9.36 Å². The fourth-order valence-corrected chi connectivity index (χ4v) is 5.70. The summed E-state index contributed by atoms with van der Waals surface area (Å²) in [5.74, 6) is -2.67. The number of hydrogen-bond acceptors (Lipinski definition) is 3. The fourth-order valence-electron chi connectivity index (χ4n) is 3.03. The smallest absolute Gasteiger partial charge is 0.241 e. The van der Waals surface area contributed by atoms with Gasteiger partial charge in [-0.15, -0.1) is 11.3 Å². The zero-order chi connectivity index (χ0) is 21.3. The molecular formula is C20H17ClF2NO3PS. The number of thiophene rings is 1. The molecule has 0 aliphatic carbocycles. The van der Waals surface area contributed by atoms with Crippen LogP contribution in [-0.4, -0.2) is 17.5 Å². The molecule has 0 spiro atoms. The molecule has 0 saturated carbocycles. The van der Waals surface area contributed by atoms with Gasteiger partial charge in [0.15, 0.2) is 11.6 Å². The highest BCUT2D eigenvalue weighted by Gasteiger charge is 2.36. The van der Waals surface area contributed by atoms with Crippen LogP contribution in [0.2, 0.25) is 5.02 Å². The van der Waals surface area contributed by atoms with Gasteiger partial charge in [-0.2, -0.15) is 0 Å². The number of halogens is 3. The normalized spacial score (nSPS) is 14.8. The van der Waals surface area contributed by atoms with Crippen molar-refractivity contribution in [3.05, 3.63) is 75.3 Å². The van der Waals surface area contributed by atoms with Crippen molar-refractivity contribution in [2.24, 2.45) is 0 Å². The van der Waals surface area contributed by atoms with Crippen LogP contribution < -0.4 is 5.32 Å². The van der Waals surface area contributed by atoms with E-state index in [1.165, 1.54) is 29.7 Å². The number of carbonyl (C=O) groups is 1. The van der Waals surface area contributed by atoms with Gasteiger partial charge < -0.3 is 10.2 Å². The molecule has 3 aromatic rings. The summed E-state index contributed by atoms with van der Waals surface area (Å²) < 4.78 is 39.7. The Bertz CT molecular complexity index is 1170. The molecule has 0 bridgehead atoms. The van der Waals surface area contributed by atoms with E-state index in [4.69, 9.17) is 11.6 Å². The molecule has 2 unspecified atom stereocenters. The van der Waals surface area contributed by atoms with Gasteiger partial charge in [-0.1, -0.05) is 17.7 Å². The summed E-state index contributed by atoms with van der Waals surface area (Å²) in [6.45, 7) is 3.00. The molecule has 2 N–H and O–H groups in total. The van der Waals surface area contributed by atoms with E-state index >= 15 is 0 Å². The second kappa shape index (κ2) is 8.36. The highest BCUT2D eigenvalue weighted by atomic mass is 35.5. The first kappa shape index (κ1) is 21.7. The SMILES string of the molecule is Cc1cc(Cl)cc2c(C(C(=O)N/C=C/c3ccc(F)c(F)c3)P(C)(=O)O)csc12. The van der Waals surface area contributed by atoms with E-state index < -0.39 is 30.6 Å². The first-order valence-electron chi connectivity index (χ1n) is 8.47. The lowest BCUT2D eigenvalue weighted by Crippen LogP contribution is -2.25. The summed E-state index contributed by atoms with van der Waals surface area (Å²) in [6, 6.07) is 6.74. The minimum atomic E-state index is -3.87. The first-order chi connectivity index (χ1) is 13.6. The summed E-state index contributed by atoms with van der Waals surface area (Å²) in [5.41, 5.74) is 0.351. The van der Waals surface area contributed by atoms with Crippen molar-refractivity contribution in [2.75, 3.05) is 6.66 Å². The maximum absolute atomic E-state index is 13.3. The Kier molecular flexibility index (Phi) is 6.24. The predicted octanol–water partition coefficient (Wildman–Crippen LogP) is 5.87. The summed E-state index contributed by atoms with van der Waals surface area (Å²) in [7, 11) is -3.87. The monoisotopic (exact) mass is 455 g/mol. The summed E-state index contributed by atoms with van der Waals surface area (Å²) in [6.07, 6.45) is 2.59. The number of fused-ring (bicyclic) bond motifs is 1. The molecular weight excluding hydrogens is 439 g/mol. The van der Waals surface area contributed by atoms with Crippen molar-refractivity contribution in [3.8, 4) is 0 Å². The van der Waals surface area contributed by atoms with E-state index in [0.717, 1.165) is 29.1 Å². The third kappa shape index (κ3) is 4.75. The predicted molar refractivity (Wildman–Crippen MR) is 114 cm³/mol. The molecule has 1 heterocycles. The average molecular weight is 456 g/mol. The Hall–Kier alpha value is -2.05. The maximum atomic E-state index is 13.3. The summed E-state index contributed by atoms with van der Waals surface area (Å²) in [5, 5.41) is 5.26. The zero-order valence-corrected chi connectivity index (χ0v) is 17.9. The largest absolute Gasteiger partial charge is 0.344 e. The number of hydrogen-bond donors (Lipinski definition) is 2. The highest BCUT2D eigenvalue weighted by molar-refractivity contribution is 7.58. The van der Waals surface area contributed by atoms with Crippen molar-refractivity contribution in [2.45, 2.75) is 12.6 Å². The van der Waals surface area contributed by atoms with Crippen LogP contribution in [0.25, 0.3) is 16.2 Å². The topological polar surface area (TPSA) is 66.4 Å². The fraction of sp³-hybridized carbons (Fsp3) is 0.150. The van der Waals surface area contributed by atoms with Gasteiger partial charge in [0.2, 0.25) is 13.3 Å². The van der Waals surface area contributed by atoms with Crippen LogP contribution in [0.5, 0.6) is 0 Å². The lowest BCUT2D eigenvalue weighted by molar-refractivity contribution is -0.120. The van der Waals surface area contributed by atoms with Crippen LogP contribution in [0.15, 0.2) is 41.9 Å². The molecule has 0 fully saturated rings. The van der Waals surface area contributed by atoms with E-state index in [0.29, 0.717) is 21.5 Å². The number of benzene rings is 2. The number of nitrogens with one attached hydrogen (secondary N) is 1. The van der Waals surface area contributed by atoms with E-state index in [1.807, 2.05) is 6.92 Å². The van der Waals surface area contributed by atoms with Gasteiger partial charge in [0, 0.05) is 22.6 Å². The number of amides is 1. The van der Waals surface area contributed by atoms with E-state index in [1.54, 1.807) is 17.5 Å². The molecule has 3 rings (SSSR count). The Morgan fingerprint density at radius 1 is 1.28 bits per heavy atom. The maximum Gasteiger partial charge on any atom is 0.241 e. The van der Waals surface area contributed by atoms with Gasteiger partial charge in [0.05, 0.1) is 0 Å². The van der Waals surface area contributed by atoms with Crippen molar-refractivity contribution in [1.82, 2.24) is 5.32 Å². The summed E-state index contributed by atoms with van der Waals surface area (Å²) >= 11 is 7.50. The van der Waals surface area contributed by atoms with Gasteiger partial charge >= 0.3 is 0 Å². The van der Waals surface area contributed by atoms with Crippen molar-refractivity contribution in [3.63, 3.8) is 0 Å². The van der Waals surface area contributed by atoms with Crippen molar-refractivity contribution in [1.29, 1.82) is 0 Å².